The van der Waals surface area contributed by atoms with Crippen LogP contribution in [0.15, 0.2) is 30.6 Å². The number of aryl methyl sites for hydroxylation is 1. The molecule has 136 valence electrons. The lowest BCUT2D eigenvalue weighted by molar-refractivity contribution is 0.139. The lowest BCUT2D eigenvalue weighted by Crippen LogP contribution is -2.47. The number of rotatable bonds is 6. The van der Waals surface area contributed by atoms with E-state index in [1.54, 1.807) is 0 Å². The SMILES string of the molecule is Cc1nn(C(C)C)cc1CN[C@@H]1CCN(Cc2ccccn2)C[C@@H]1C. The summed E-state index contributed by atoms with van der Waals surface area (Å²) in [5.41, 5.74) is 3.62. The number of piperidine rings is 1. The van der Waals surface area contributed by atoms with Gasteiger partial charge in [-0.2, -0.15) is 5.10 Å². The summed E-state index contributed by atoms with van der Waals surface area (Å²) in [5, 5.41) is 8.38. The summed E-state index contributed by atoms with van der Waals surface area (Å²) in [7, 11) is 0. The summed E-state index contributed by atoms with van der Waals surface area (Å²) in [6, 6.07) is 7.15. The quantitative estimate of drug-likeness (QED) is 0.877. The van der Waals surface area contributed by atoms with Crippen LogP contribution in [0, 0.1) is 12.8 Å². The molecular weight excluding hydrogens is 310 g/mol. The monoisotopic (exact) mass is 341 g/mol. The molecule has 5 heteroatoms. The van der Waals surface area contributed by atoms with Crippen molar-refractivity contribution in [2.45, 2.75) is 59.3 Å². The Morgan fingerprint density at radius 2 is 2.16 bits per heavy atom. The largest absolute Gasteiger partial charge is 0.309 e. The van der Waals surface area contributed by atoms with Crippen molar-refractivity contribution in [2.24, 2.45) is 5.92 Å². The second-order valence-corrected chi connectivity index (χ2v) is 7.62. The van der Waals surface area contributed by atoms with E-state index in [1.165, 1.54) is 12.0 Å². The maximum absolute atomic E-state index is 4.61. The molecule has 1 aliphatic rings. The second kappa shape index (κ2) is 8.11. The fourth-order valence-electron chi connectivity index (χ4n) is 3.60. The van der Waals surface area contributed by atoms with Crippen LogP contribution in [0.3, 0.4) is 0 Å². The summed E-state index contributed by atoms with van der Waals surface area (Å²) < 4.78 is 2.06. The van der Waals surface area contributed by atoms with Gasteiger partial charge in [0.2, 0.25) is 0 Å². The van der Waals surface area contributed by atoms with Gasteiger partial charge in [0.05, 0.1) is 11.4 Å². The van der Waals surface area contributed by atoms with Crippen LogP contribution in [-0.2, 0) is 13.1 Å². The topological polar surface area (TPSA) is 46.0 Å². The number of likely N-dealkylation sites (tertiary alicyclic amines) is 1. The van der Waals surface area contributed by atoms with Gasteiger partial charge in [-0.05, 0) is 45.2 Å². The van der Waals surface area contributed by atoms with Crippen molar-refractivity contribution in [1.82, 2.24) is 25.0 Å². The zero-order valence-electron chi connectivity index (χ0n) is 15.9. The molecule has 0 saturated carbocycles. The summed E-state index contributed by atoms with van der Waals surface area (Å²) in [4.78, 5) is 6.97. The average molecular weight is 342 g/mol. The fourth-order valence-corrected chi connectivity index (χ4v) is 3.60. The first-order valence-electron chi connectivity index (χ1n) is 9.43. The molecule has 25 heavy (non-hydrogen) atoms. The molecule has 0 radical (unpaired) electrons. The van der Waals surface area contributed by atoms with Crippen LogP contribution in [0.4, 0.5) is 0 Å². The average Bonchev–Trinajstić information content (AvgIpc) is 2.96. The zero-order chi connectivity index (χ0) is 17.8. The van der Waals surface area contributed by atoms with Gasteiger partial charge in [-0.1, -0.05) is 13.0 Å². The highest BCUT2D eigenvalue weighted by atomic mass is 15.3. The third-order valence-electron chi connectivity index (χ3n) is 5.20. The molecule has 5 nitrogen and oxygen atoms in total. The van der Waals surface area contributed by atoms with Gasteiger partial charge in [0.15, 0.2) is 0 Å². The highest BCUT2D eigenvalue weighted by Crippen LogP contribution is 2.19. The maximum Gasteiger partial charge on any atom is 0.0638 e. The number of hydrogen-bond donors (Lipinski definition) is 1. The van der Waals surface area contributed by atoms with Crippen molar-refractivity contribution in [1.29, 1.82) is 0 Å². The molecule has 1 fully saturated rings. The molecular formula is C20H31N5. The van der Waals surface area contributed by atoms with Crippen molar-refractivity contribution < 1.29 is 0 Å². The Labute approximate surface area is 151 Å². The second-order valence-electron chi connectivity index (χ2n) is 7.62. The Hall–Kier alpha value is -1.72. The summed E-state index contributed by atoms with van der Waals surface area (Å²) >= 11 is 0. The van der Waals surface area contributed by atoms with Gasteiger partial charge in [-0.15, -0.1) is 0 Å². The number of aromatic nitrogens is 3. The zero-order valence-corrected chi connectivity index (χ0v) is 15.9. The van der Waals surface area contributed by atoms with Crippen LogP contribution in [0.1, 0.15) is 50.2 Å². The molecule has 0 spiro atoms. The molecule has 1 N–H and O–H groups in total. The van der Waals surface area contributed by atoms with Crippen LogP contribution in [0.5, 0.6) is 0 Å². The molecule has 0 aliphatic carbocycles. The highest BCUT2D eigenvalue weighted by molar-refractivity contribution is 5.15. The Bertz CT molecular complexity index is 664. The standard InChI is InChI=1S/C20H31N5/c1-15(2)25-13-18(17(4)23-25)11-22-20-8-10-24(12-16(20)3)14-19-7-5-6-9-21-19/h5-7,9,13,15-16,20,22H,8,10-12,14H2,1-4H3/t16-,20+/m0/s1. The van der Waals surface area contributed by atoms with E-state index >= 15 is 0 Å². The summed E-state index contributed by atoms with van der Waals surface area (Å²) in [6.45, 7) is 12.9. The molecule has 2 aromatic heterocycles. The molecule has 3 rings (SSSR count). The van der Waals surface area contributed by atoms with Gasteiger partial charge >= 0.3 is 0 Å². The lowest BCUT2D eigenvalue weighted by Gasteiger charge is -2.37. The number of hydrogen-bond acceptors (Lipinski definition) is 4. The maximum atomic E-state index is 4.61. The van der Waals surface area contributed by atoms with Crippen molar-refractivity contribution in [3.63, 3.8) is 0 Å². The Morgan fingerprint density at radius 1 is 1.32 bits per heavy atom. The first-order valence-corrected chi connectivity index (χ1v) is 9.43. The number of pyridine rings is 1. The van der Waals surface area contributed by atoms with Crippen LogP contribution >= 0.6 is 0 Å². The molecule has 1 saturated heterocycles. The van der Waals surface area contributed by atoms with Crippen LogP contribution in [-0.4, -0.2) is 38.8 Å². The van der Waals surface area contributed by atoms with Gasteiger partial charge in [-0.25, -0.2) is 0 Å². The van der Waals surface area contributed by atoms with E-state index < -0.39 is 0 Å². The van der Waals surface area contributed by atoms with E-state index in [0.717, 1.165) is 37.6 Å². The van der Waals surface area contributed by atoms with E-state index in [4.69, 9.17) is 0 Å². The fraction of sp³-hybridized carbons (Fsp3) is 0.600. The van der Waals surface area contributed by atoms with Crippen LogP contribution in [0.2, 0.25) is 0 Å². The van der Waals surface area contributed by atoms with Crippen molar-refractivity contribution in [3.8, 4) is 0 Å². The molecule has 1 aliphatic heterocycles. The number of nitrogens with zero attached hydrogens (tertiary/aromatic N) is 4. The Kier molecular flexibility index (Phi) is 5.86. The van der Waals surface area contributed by atoms with Crippen molar-refractivity contribution in [3.05, 3.63) is 47.5 Å². The highest BCUT2D eigenvalue weighted by Gasteiger charge is 2.26. The minimum atomic E-state index is 0.418. The van der Waals surface area contributed by atoms with Gasteiger partial charge in [0, 0.05) is 56.2 Å². The third-order valence-corrected chi connectivity index (χ3v) is 5.20. The Morgan fingerprint density at radius 3 is 2.80 bits per heavy atom. The van der Waals surface area contributed by atoms with E-state index in [-0.39, 0.29) is 0 Å². The molecule has 2 aromatic rings. The molecule has 0 aromatic carbocycles. The van der Waals surface area contributed by atoms with Crippen LogP contribution in [0.25, 0.3) is 0 Å². The van der Waals surface area contributed by atoms with Gasteiger partial charge in [-0.3, -0.25) is 14.6 Å². The minimum Gasteiger partial charge on any atom is -0.309 e. The predicted molar refractivity (Wildman–Crippen MR) is 101 cm³/mol. The van der Waals surface area contributed by atoms with Crippen LogP contribution < -0.4 is 5.32 Å². The predicted octanol–water partition coefficient (Wildman–Crippen LogP) is 3.17. The normalized spacial score (nSPS) is 21.8. The van der Waals surface area contributed by atoms with Gasteiger partial charge < -0.3 is 5.32 Å². The minimum absolute atomic E-state index is 0.418. The van der Waals surface area contributed by atoms with Gasteiger partial charge in [0.1, 0.15) is 0 Å². The third kappa shape index (κ3) is 4.67. The molecule has 0 amide bonds. The molecule has 0 unspecified atom stereocenters. The van der Waals surface area contributed by atoms with Gasteiger partial charge in [0.25, 0.3) is 0 Å². The van der Waals surface area contributed by atoms with E-state index in [0.29, 0.717) is 18.0 Å². The lowest BCUT2D eigenvalue weighted by atomic mass is 9.93. The molecule has 2 atom stereocenters. The summed E-state index contributed by atoms with van der Waals surface area (Å²) in [5.74, 6) is 0.637. The summed E-state index contributed by atoms with van der Waals surface area (Å²) in [6.07, 6.45) is 5.26. The molecule has 3 heterocycles. The van der Waals surface area contributed by atoms with E-state index in [9.17, 15) is 0 Å². The van der Waals surface area contributed by atoms with E-state index in [1.807, 2.05) is 12.3 Å². The van der Waals surface area contributed by atoms with Crippen molar-refractivity contribution in [2.75, 3.05) is 13.1 Å². The Balaban J connectivity index is 1.50. The first kappa shape index (κ1) is 18.1. The number of nitrogens with one attached hydrogen (secondary N) is 1. The molecule has 0 bridgehead atoms. The van der Waals surface area contributed by atoms with Crippen molar-refractivity contribution >= 4 is 0 Å². The first-order chi connectivity index (χ1) is 12.0. The smallest absolute Gasteiger partial charge is 0.0638 e. The van der Waals surface area contributed by atoms with E-state index in [2.05, 4.69) is 71.0 Å².